The van der Waals surface area contributed by atoms with Gasteiger partial charge in [-0.3, -0.25) is 4.79 Å². The molecule has 2 aromatic heterocycles. The van der Waals surface area contributed by atoms with Gasteiger partial charge in [0.1, 0.15) is 17.0 Å². The van der Waals surface area contributed by atoms with Crippen molar-refractivity contribution in [2.24, 2.45) is 0 Å². The van der Waals surface area contributed by atoms with E-state index < -0.39 is 23.4 Å². The summed E-state index contributed by atoms with van der Waals surface area (Å²) < 4.78 is 49.2. The summed E-state index contributed by atoms with van der Waals surface area (Å²) in [5, 5.41) is 0.684. The number of ether oxygens (including phenoxy) is 2. The Kier molecular flexibility index (Phi) is 6.98. The van der Waals surface area contributed by atoms with E-state index in [4.69, 9.17) is 9.47 Å². The number of hydrogen-bond acceptors (Lipinski definition) is 6. The number of piperazine rings is 1. The van der Waals surface area contributed by atoms with Crippen LogP contribution in [0.5, 0.6) is 11.6 Å². The molecule has 1 aromatic carbocycles. The third kappa shape index (κ3) is 6.28. The summed E-state index contributed by atoms with van der Waals surface area (Å²) in [5.41, 5.74) is -0.638. The molecule has 0 saturated carbocycles. The number of nitrogens with zero attached hydrogens (tertiary/aromatic N) is 4. The SMILES string of the molecule is C[C@H]1CN(C(=O)c2ccc3cc(Oc4ccc(C(F)(F)F)cn4)ccc3n2)CCN1C(=O)OC(C)(C)C. The second-order valence-electron chi connectivity index (χ2n) is 9.81. The van der Waals surface area contributed by atoms with E-state index >= 15 is 0 Å². The van der Waals surface area contributed by atoms with Crippen molar-refractivity contribution >= 4 is 22.9 Å². The number of rotatable bonds is 3. The third-order valence-electron chi connectivity index (χ3n) is 5.71. The Balaban J connectivity index is 1.42. The van der Waals surface area contributed by atoms with E-state index in [-0.39, 0.29) is 23.5 Å². The number of fused-ring (bicyclic) bond motifs is 1. The Labute approximate surface area is 212 Å². The standard InChI is InChI=1S/C26H27F3N4O4/c1-16-15-32(11-12-33(16)24(35)37-25(2,3)4)23(34)21-8-5-17-13-19(7-9-20(17)31-21)36-22-10-6-18(14-30-22)26(27,28)29/h5-10,13-14,16H,11-12,15H2,1-4H3/t16-/m0/s1. The zero-order valence-corrected chi connectivity index (χ0v) is 20.9. The molecule has 1 aliphatic rings. The lowest BCUT2D eigenvalue weighted by Gasteiger charge is -2.40. The van der Waals surface area contributed by atoms with Crippen LogP contribution in [0.15, 0.2) is 48.7 Å². The zero-order chi connectivity index (χ0) is 27.0. The number of halogens is 3. The van der Waals surface area contributed by atoms with Crippen LogP contribution in [0.3, 0.4) is 0 Å². The van der Waals surface area contributed by atoms with Gasteiger partial charge < -0.3 is 19.3 Å². The largest absolute Gasteiger partial charge is 0.444 e. The van der Waals surface area contributed by atoms with Crippen LogP contribution in [-0.2, 0) is 10.9 Å². The first-order valence-corrected chi connectivity index (χ1v) is 11.7. The molecule has 1 saturated heterocycles. The molecule has 8 nitrogen and oxygen atoms in total. The number of hydrogen-bond donors (Lipinski definition) is 0. The van der Waals surface area contributed by atoms with E-state index in [2.05, 4.69) is 9.97 Å². The minimum atomic E-state index is -4.47. The van der Waals surface area contributed by atoms with Gasteiger partial charge in [-0.15, -0.1) is 0 Å². The fourth-order valence-corrected chi connectivity index (χ4v) is 3.91. The second kappa shape index (κ2) is 9.87. The highest BCUT2D eigenvalue weighted by molar-refractivity contribution is 5.95. The molecule has 196 valence electrons. The highest BCUT2D eigenvalue weighted by atomic mass is 19.4. The number of alkyl halides is 3. The Morgan fingerprint density at radius 2 is 1.78 bits per heavy atom. The van der Waals surface area contributed by atoms with Crippen LogP contribution in [0, 0.1) is 0 Å². The Hall–Kier alpha value is -3.89. The van der Waals surface area contributed by atoms with Crippen LogP contribution in [0.4, 0.5) is 18.0 Å². The van der Waals surface area contributed by atoms with Crippen molar-refractivity contribution in [1.29, 1.82) is 0 Å². The molecule has 0 N–H and O–H groups in total. The summed E-state index contributed by atoms with van der Waals surface area (Å²) in [4.78, 5) is 37.0. The molecule has 11 heteroatoms. The quantitative estimate of drug-likeness (QED) is 0.456. The summed E-state index contributed by atoms with van der Waals surface area (Å²) in [6.45, 7) is 8.35. The van der Waals surface area contributed by atoms with Crippen molar-refractivity contribution < 1.29 is 32.2 Å². The number of amides is 2. The predicted octanol–water partition coefficient (Wildman–Crippen LogP) is 5.52. The molecule has 1 aliphatic heterocycles. The smallest absolute Gasteiger partial charge is 0.417 e. The predicted molar refractivity (Wildman–Crippen MR) is 129 cm³/mol. The van der Waals surface area contributed by atoms with Gasteiger partial charge in [0.2, 0.25) is 5.88 Å². The van der Waals surface area contributed by atoms with E-state index in [9.17, 15) is 22.8 Å². The van der Waals surface area contributed by atoms with Crippen molar-refractivity contribution in [2.75, 3.05) is 19.6 Å². The highest BCUT2D eigenvalue weighted by Crippen LogP contribution is 2.30. The summed E-state index contributed by atoms with van der Waals surface area (Å²) in [6.07, 6.45) is -4.16. The normalized spacial score (nSPS) is 16.6. The number of carbonyl (C=O) groups excluding carboxylic acids is 2. The molecule has 0 bridgehead atoms. The maximum atomic E-state index is 13.1. The molecule has 3 aromatic rings. The van der Waals surface area contributed by atoms with E-state index in [1.807, 2.05) is 6.92 Å². The molecule has 0 spiro atoms. The zero-order valence-electron chi connectivity index (χ0n) is 20.9. The lowest BCUT2D eigenvalue weighted by Crippen LogP contribution is -2.56. The first-order valence-electron chi connectivity index (χ1n) is 11.7. The molecular formula is C26H27F3N4O4. The molecular weight excluding hydrogens is 489 g/mol. The Bertz CT molecular complexity index is 1310. The average Bonchev–Trinajstić information content (AvgIpc) is 2.82. The van der Waals surface area contributed by atoms with Crippen LogP contribution in [0.2, 0.25) is 0 Å². The van der Waals surface area contributed by atoms with E-state index in [1.165, 1.54) is 0 Å². The lowest BCUT2D eigenvalue weighted by molar-refractivity contribution is -0.137. The summed E-state index contributed by atoms with van der Waals surface area (Å²) in [5.74, 6) is 0.145. The molecule has 2 amide bonds. The first-order chi connectivity index (χ1) is 17.3. The van der Waals surface area contributed by atoms with Crippen LogP contribution < -0.4 is 4.74 Å². The maximum Gasteiger partial charge on any atom is 0.417 e. The fraction of sp³-hybridized carbons (Fsp3) is 0.385. The molecule has 1 atom stereocenters. The van der Waals surface area contributed by atoms with Crippen molar-refractivity contribution in [3.8, 4) is 11.6 Å². The van der Waals surface area contributed by atoms with Gasteiger partial charge in [-0.2, -0.15) is 13.2 Å². The summed E-state index contributed by atoms with van der Waals surface area (Å²) in [6, 6.07) is 10.1. The molecule has 0 unspecified atom stereocenters. The number of benzene rings is 1. The molecule has 37 heavy (non-hydrogen) atoms. The van der Waals surface area contributed by atoms with E-state index in [1.54, 1.807) is 60.9 Å². The van der Waals surface area contributed by atoms with Gasteiger partial charge in [-0.25, -0.2) is 14.8 Å². The van der Waals surface area contributed by atoms with E-state index in [0.717, 1.165) is 12.1 Å². The van der Waals surface area contributed by atoms with Gasteiger partial charge in [-0.05, 0) is 58.0 Å². The van der Waals surface area contributed by atoms with E-state index in [0.29, 0.717) is 42.5 Å². The van der Waals surface area contributed by atoms with Crippen molar-refractivity contribution in [2.45, 2.75) is 45.5 Å². The van der Waals surface area contributed by atoms with Gasteiger partial charge in [0.25, 0.3) is 5.91 Å². The number of carbonyl (C=O) groups is 2. The Morgan fingerprint density at radius 1 is 1.03 bits per heavy atom. The van der Waals surface area contributed by atoms with Gasteiger partial charge in [0.15, 0.2) is 0 Å². The van der Waals surface area contributed by atoms with Gasteiger partial charge >= 0.3 is 12.3 Å². The van der Waals surface area contributed by atoms with Crippen LogP contribution >= 0.6 is 0 Å². The summed E-state index contributed by atoms with van der Waals surface area (Å²) in [7, 11) is 0. The van der Waals surface area contributed by atoms with Gasteiger partial charge in [0.05, 0.1) is 11.1 Å². The van der Waals surface area contributed by atoms with Crippen LogP contribution in [0.1, 0.15) is 43.7 Å². The van der Waals surface area contributed by atoms with Gasteiger partial charge in [-0.1, -0.05) is 6.07 Å². The fourth-order valence-electron chi connectivity index (χ4n) is 3.91. The number of pyridine rings is 2. The third-order valence-corrected chi connectivity index (χ3v) is 5.71. The minimum absolute atomic E-state index is 0.0201. The average molecular weight is 517 g/mol. The summed E-state index contributed by atoms with van der Waals surface area (Å²) >= 11 is 0. The molecule has 3 heterocycles. The van der Waals surface area contributed by atoms with Crippen molar-refractivity contribution in [3.63, 3.8) is 0 Å². The second-order valence-corrected chi connectivity index (χ2v) is 9.81. The van der Waals surface area contributed by atoms with Crippen LogP contribution in [0.25, 0.3) is 10.9 Å². The monoisotopic (exact) mass is 516 g/mol. The molecule has 0 aliphatic carbocycles. The topological polar surface area (TPSA) is 84.9 Å². The first kappa shape index (κ1) is 26.2. The highest BCUT2D eigenvalue weighted by Gasteiger charge is 2.33. The lowest BCUT2D eigenvalue weighted by atomic mass is 10.1. The van der Waals surface area contributed by atoms with Gasteiger partial charge in [0, 0.05) is 43.3 Å². The minimum Gasteiger partial charge on any atom is -0.444 e. The Morgan fingerprint density at radius 3 is 2.41 bits per heavy atom. The van der Waals surface area contributed by atoms with Crippen LogP contribution in [-0.4, -0.2) is 63.0 Å². The molecule has 0 radical (unpaired) electrons. The molecule has 4 rings (SSSR count). The maximum absolute atomic E-state index is 13.1. The van der Waals surface area contributed by atoms with Crippen molar-refractivity contribution in [3.05, 3.63) is 59.9 Å². The number of aromatic nitrogens is 2. The van der Waals surface area contributed by atoms with Crippen molar-refractivity contribution in [1.82, 2.24) is 19.8 Å². The molecule has 1 fully saturated rings.